The van der Waals surface area contributed by atoms with Gasteiger partial charge in [-0.25, -0.2) is 4.98 Å². The molecule has 0 atom stereocenters. The van der Waals surface area contributed by atoms with Crippen LogP contribution in [0.3, 0.4) is 0 Å². The van der Waals surface area contributed by atoms with E-state index in [9.17, 15) is 0 Å². The van der Waals surface area contributed by atoms with E-state index in [1.165, 1.54) is 6.42 Å². The Kier molecular flexibility index (Phi) is 4.83. The first-order valence-electron chi connectivity index (χ1n) is 7.12. The smallest absolute Gasteiger partial charge is 0.126 e. The monoisotopic (exact) mass is 251 g/mol. The molecular weight excluding hydrogens is 222 g/mol. The molecule has 2 N–H and O–H groups in total. The third-order valence-corrected chi connectivity index (χ3v) is 3.09. The molecule has 1 rings (SSSR count). The molecule has 0 saturated heterocycles. The van der Waals surface area contributed by atoms with E-state index in [0.29, 0.717) is 5.92 Å². The van der Waals surface area contributed by atoms with Crippen molar-refractivity contribution in [1.29, 1.82) is 0 Å². The van der Waals surface area contributed by atoms with Crippen LogP contribution in [0.4, 0.5) is 5.82 Å². The maximum atomic E-state index is 6.29. The Bertz CT molecular complexity index is 383. The predicted octanol–water partition coefficient (Wildman–Crippen LogP) is 3.76. The Labute approximate surface area is 112 Å². The van der Waals surface area contributed by atoms with Gasteiger partial charge in [-0.15, -0.1) is 0 Å². The van der Waals surface area contributed by atoms with E-state index in [0.717, 1.165) is 36.7 Å². The first kappa shape index (κ1) is 15.1. The summed E-state index contributed by atoms with van der Waals surface area (Å²) >= 11 is 0. The van der Waals surface area contributed by atoms with Crippen LogP contribution in [-0.2, 0) is 18.4 Å². The van der Waals surface area contributed by atoms with Crippen LogP contribution in [0.1, 0.15) is 65.9 Å². The number of aromatic nitrogens is 2. The molecule has 0 spiro atoms. The summed E-state index contributed by atoms with van der Waals surface area (Å²) in [6.07, 6.45) is 3.31. The summed E-state index contributed by atoms with van der Waals surface area (Å²) in [6, 6.07) is 0. The standard InChI is InChI=1S/C15H29N3/c1-7-8-9-18-13(16)12(10-11(2)3)17-14(18)15(4,5)6/h11H,7-10,16H2,1-6H3. The van der Waals surface area contributed by atoms with Crippen molar-refractivity contribution in [3.8, 4) is 0 Å². The zero-order chi connectivity index (χ0) is 13.9. The highest BCUT2D eigenvalue weighted by Gasteiger charge is 2.24. The average Bonchev–Trinajstić information content (AvgIpc) is 2.52. The van der Waals surface area contributed by atoms with E-state index < -0.39 is 0 Å². The second-order valence-corrected chi connectivity index (χ2v) is 6.62. The van der Waals surface area contributed by atoms with Gasteiger partial charge in [-0.05, 0) is 18.8 Å². The fraction of sp³-hybridized carbons (Fsp3) is 0.800. The number of nitrogens with two attached hydrogens (primary N) is 1. The van der Waals surface area contributed by atoms with Gasteiger partial charge in [0.1, 0.15) is 11.6 Å². The van der Waals surface area contributed by atoms with Gasteiger partial charge in [0.15, 0.2) is 0 Å². The van der Waals surface area contributed by atoms with Crippen LogP contribution in [0.25, 0.3) is 0 Å². The number of nitrogen functional groups attached to an aromatic ring is 1. The third kappa shape index (κ3) is 3.50. The highest BCUT2D eigenvalue weighted by molar-refractivity contribution is 5.40. The number of nitrogens with zero attached hydrogens (tertiary/aromatic N) is 2. The number of hydrogen-bond donors (Lipinski definition) is 1. The Morgan fingerprint density at radius 2 is 1.89 bits per heavy atom. The van der Waals surface area contributed by atoms with Crippen molar-refractivity contribution in [2.75, 3.05) is 5.73 Å². The van der Waals surface area contributed by atoms with E-state index in [1.807, 2.05) is 0 Å². The second kappa shape index (κ2) is 5.77. The van der Waals surface area contributed by atoms with Gasteiger partial charge >= 0.3 is 0 Å². The lowest BCUT2D eigenvalue weighted by molar-refractivity contribution is 0.490. The summed E-state index contributed by atoms with van der Waals surface area (Å²) in [4.78, 5) is 4.81. The number of imidazole rings is 1. The van der Waals surface area contributed by atoms with Gasteiger partial charge in [0.2, 0.25) is 0 Å². The lowest BCUT2D eigenvalue weighted by Crippen LogP contribution is -2.20. The number of anilines is 1. The fourth-order valence-electron chi connectivity index (χ4n) is 2.17. The summed E-state index contributed by atoms with van der Waals surface area (Å²) in [5.74, 6) is 2.60. The van der Waals surface area contributed by atoms with Crippen LogP contribution in [0.15, 0.2) is 0 Å². The Morgan fingerprint density at radius 1 is 1.28 bits per heavy atom. The molecule has 0 aliphatic heterocycles. The zero-order valence-corrected chi connectivity index (χ0v) is 12.9. The Hall–Kier alpha value is -0.990. The van der Waals surface area contributed by atoms with E-state index >= 15 is 0 Å². The number of rotatable bonds is 5. The summed E-state index contributed by atoms with van der Waals surface area (Å²) in [7, 11) is 0. The van der Waals surface area contributed by atoms with Gasteiger partial charge in [0.05, 0.1) is 5.69 Å². The molecule has 0 fully saturated rings. The lowest BCUT2D eigenvalue weighted by Gasteiger charge is -2.20. The molecule has 0 amide bonds. The van der Waals surface area contributed by atoms with Gasteiger partial charge in [0.25, 0.3) is 0 Å². The van der Waals surface area contributed by atoms with Gasteiger partial charge < -0.3 is 10.3 Å². The van der Waals surface area contributed by atoms with Crippen LogP contribution in [0.2, 0.25) is 0 Å². The van der Waals surface area contributed by atoms with Gasteiger partial charge in [-0.1, -0.05) is 48.0 Å². The van der Waals surface area contributed by atoms with Crippen LogP contribution in [-0.4, -0.2) is 9.55 Å². The normalized spacial score (nSPS) is 12.4. The Balaban J connectivity index is 3.14. The molecule has 0 radical (unpaired) electrons. The third-order valence-electron chi connectivity index (χ3n) is 3.09. The first-order valence-corrected chi connectivity index (χ1v) is 7.12. The molecule has 0 bridgehead atoms. The topological polar surface area (TPSA) is 43.8 Å². The van der Waals surface area contributed by atoms with Crippen LogP contribution in [0.5, 0.6) is 0 Å². The molecule has 0 aromatic carbocycles. The van der Waals surface area contributed by atoms with Crippen molar-refractivity contribution in [2.45, 2.75) is 72.8 Å². The minimum absolute atomic E-state index is 0.0527. The zero-order valence-electron chi connectivity index (χ0n) is 12.9. The molecule has 3 heteroatoms. The van der Waals surface area contributed by atoms with E-state index in [1.54, 1.807) is 0 Å². The molecule has 104 valence electrons. The van der Waals surface area contributed by atoms with Crippen molar-refractivity contribution in [3.05, 3.63) is 11.5 Å². The summed E-state index contributed by atoms with van der Waals surface area (Å²) in [5.41, 5.74) is 7.42. The molecular formula is C15H29N3. The maximum absolute atomic E-state index is 6.29. The minimum atomic E-state index is 0.0527. The van der Waals surface area contributed by atoms with Crippen molar-refractivity contribution in [2.24, 2.45) is 5.92 Å². The first-order chi connectivity index (χ1) is 8.27. The molecule has 1 aromatic rings. The van der Waals surface area contributed by atoms with Crippen molar-refractivity contribution >= 4 is 5.82 Å². The largest absolute Gasteiger partial charge is 0.384 e. The highest BCUT2D eigenvalue weighted by Crippen LogP contribution is 2.27. The second-order valence-electron chi connectivity index (χ2n) is 6.62. The van der Waals surface area contributed by atoms with E-state index in [-0.39, 0.29) is 5.41 Å². The van der Waals surface area contributed by atoms with Gasteiger partial charge in [0, 0.05) is 12.0 Å². The summed E-state index contributed by atoms with van der Waals surface area (Å²) in [5, 5.41) is 0. The summed E-state index contributed by atoms with van der Waals surface area (Å²) in [6.45, 7) is 14.2. The number of unbranched alkanes of at least 4 members (excludes halogenated alkanes) is 1. The SMILES string of the molecule is CCCCn1c(C(C)(C)C)nc(CC(C)C)c1N. The molecule has 0 aliphatic rings. The molecule has 18 heavy (non-hydrogen) atoms. The molecule has 0 unspecified atom stereocenters. The number of hydrogen-bond acceptors (Lipinski definition) is 2. The van der Waals surface area contributed by atoms with Crippen LogP contribution < -0.4 is 5.73 Å². The molecule has 0 aliphatic carbocycles. The van der Waals surface area contributed by atoms with Crippen molar-refractivity contribution < 1.29 is 0 Å². The van der Waals surface area contributed by atoms with Crippen molar-refractivity contribution in [3.63, 3.8) is 0 Å². The lowest BCUT2D eigenvalue weighted by atomic mass is 9.95. The Morgan fingerprint density at radius 3 is 2.33 bits per heavy atom. The van der Waals surface area contributed by atoms with Gasteiger partial charge in [-0.3, -0.25) is 0 Å². The predicted molar refractivity (Wildman–Crippen MR) is 78.8 cm³/mol. The quantitative estimate of drug-likeness (QED) is 0.866. The van der Waals surface area contributed by atoms with Crippen LogP contribution in [0, 0.1) is 5.92 Å². The fourth-order valence-corrected chi connectivity index (χ4v) is 2.17. The van der Waals surface area contributed by atoms with Crippen LogP contribution >= 0.6 is 0 Å². The van der Waals surface area contributed by atoms with E-state index in [4.69, 9.17) is 10.7 Å². The van der Waals surface area contributed by atoms with E-state index in [2.05, 4.69) is 46.1 Å². The summed E-state index contributed by atoms with van der Waals surface area (Å²) < 4.78 is 2.22. The molecule has 1 heterocycles. The minimum Gasteiger partial charge on any atom is -0.384 e. The molecule has 3 nitrogen and oxygen atoms in total. The average molecular weight is 251 g/mol. The van der Waals surface area contributed by atoms with Gasteiger partial charge in [-0.2, -0.15) is 0 Å². The van der Waals surface area contributed by atoms with Crippen molar-refractivity contribution in [1.82, 2.24) is 9.55 Å². The molecule has 0 saturated carbocycles. The highest BCUT2D eigenvalue weighted by atomic mass is 15.1. The maximum Gasteiger partial charge on any atom is 0.126 e. The molecule has 1 aromatic heterocycles.